The Morgan fingerprint density at radius 2 is 1.75 bits per heavy atom. The van der Waals surface area contributed by atoms with Gasteiger partial charge in [0.1, 0.15) is 6.61 Å². The van der Waals surface area contributed by atoms with Gasteiger partial charge in [-0.25, -0.2) is 0 Å². The minimum absolute atomic E-state index is 0.0787. The van der Waals surface area contributed by atoms with E-state index in [-0.39, 0.29) is 18.5 Å². The van der Waals surface area contributed by atoms with Crippen molar-refractivity contribution in [2.45, 2.75) is 64.9 Å². The van der Waals surface area contributed by atoms with E-state index in [0.717, 1.165) is 18.4 Å². The van der Waals surface area contributed by atoms with Gasteiger partial charge in [0, 0.05) is 5.56 Å². The average Bonchev–Trinajstić information content (AvgIpc) is 2.50. The molecule has 0 saturated heterocycles. The molecule has 1 aromatic carbocycles. The molecule has 0 amide bonds. The van der Waals surface area contributed by atoms with E-state index in [2.05, 4.69) is 13.8 Å². The number of ether oxygens (including phenoxy) is 1. The highest BCUT2D eigenvalue weighted by Crippen LogP contribution is 2.12. The quantitative estimate of drug-likeness (QED) is 0.419. The number of carbonyl (C=O) groups is 1. The van der Waals surface area contributed by atoms with Crippen LogP contribution in [0.2, 0.25) is 0 Å². The summed E-state index contributed by atoms with van der Waals surface area (Å²) in [5.41, 5.74) is 0.741. The topological polar surface area (TPSA) is 26.3 Å². The number of hydrogen-bond donors (Lipinski definition) is 0. The van der Waals surface area contributed by atoms with E-state index >= 15 is 0 Å². The molecule has 2 nitrogen and oxygen atoms in total. The van der Waals surface area contributed by atoms with Crippen LogP contribution in [0.25, 0.3) is 0 Å². The van der Waals surface area contributed by atoms with Crippen LogP contribution in [0.1, 0.15) is 69.2 Å². The van der Waals surface area contributed by atoms with Crippen LogP contribution in [0, 0.1) is 0 Å². The van der Waals surface area contributed by atoms with Crippen molar-refractivity contribution in [3.63, 3.8) is 0 Å². The van der Waals surface area contributed by atoms with Gasteiger partial charge in [-0.2, -0.15) is 0 Å². The number of hydrogen-bond acceptors (Lipinski definition) is 2. The van der Waals surface area contributed by atoms with Crippen molar-refractivity contribution in [2.75, 3.05) is 6.61 Å². The van der Waals surface area contributed by atoms with Gasteiger partial charge in [-0.05, 0) is 12.8 Å². The van der Waals surface area contributed by atoms with Crippen molar-refractivity contribution in [2.24, 2.45) is 0 Å². The predicted molar refractivity (Wildman–Crippen MR) is 84.2 cm³/mol. The van der Waals surface area contributed by atoms with Crippen molar-refractivity contribution in [1.29, 1.82) is 0 Å². The van der Waals surface area contributed by atoms with E-state index in [1.807, 2.05) is 30.3 Å². The minimum atomic E-state index is 0.0787. The van der Waals surface area contributed by atoms with Crippen LogP contribution in [0.4, 0.5) is 0 Å². The number of benzene rings is 1. The van der Waals surface area contributed by atoms with E-state index in [1.54, 1.807) is 0 Å². The molecule has 0 bridgehead atoms. The van der Waals surface area contributed by atoms with Gasteiger partial charge in [0.25, 0.3) is 0 Å². The lowest BCUT2D eigenvalue weighted by Gasteiger charge is -2.15. The van der Waals surface area contributed by atoms with Crippen molar-refractivity contribution in [3.05, 3.63) is 35.9 Å². The second-order valence-corrected chi connectivity index (χ2v) is 5.33. The van der Waals surface area contributed by atoms with Gasteiger partial charge < -0.3 is 4.74 Å². The van der Waals surface area contributed by atoms with Gasteiger partial charge in [-0.1, -0.05) is 76.3 Å². The van der Waals surface area contributed by atoms with Crippen molar-refractivity contribution in [3.8, 4) is 0 Å². The van der Waals surface area contributed by atoms with Gasteiger partial charge in [-0.3, -0.25) is 4.79 Å². The molecule has 112 valence electrons. The first-order valence-corrected chi connectivity index (χ1v) is 7.97. The summed E-state index contributed by atoms with van der Waals surface area (Å²) < 4.78 is 5.76. The third-order valence-electron chi connectivity index (χ3n) is 3.63. The van der Waals surface area contributed by atoms with Crippen LogP contribution in [-0.4, -0.2) is 18.5 Å². The van der Waals surface area contributed by atoms with Crippen LogP contribution >= 0.6 is 0 Å². The zero-order chi connectivity index (χ0) is 14.6. The summed E-state index contributed by atoms with van der Waals surface area (Å²) >= 11 is 0. The van der Waals surface area contributed by atoms with Crippen LogP contribution < -0.4 is 0 Å². The first kappa shape index (κ1) is 16.9. The summed E-state index contributed by atoms with van der Waals surface area (Å²) in [6.45, 7) is 4.56. The van der Waals surface area contributed by atoms with E-state index in [4.69, 9.17) is 4.74 Å². The molecule has 0 aliphatic heterocycles. The summed E-state index contributed by atoms with van der Waals surface area (Å²) in [6, 6.07) is 9.38. The molecule has 1 atom stereocenters. The summed E-state index contributed by atoms with van der Waals surface area (Å²) in [7, 11) is 0. The molecule has 0 aliphatic carbocycles. The molecule has 0 aliphatic rings. The summed E-state index contributed by atoms with van der Waals surface area (Å²) in [6.07, 6.45) is 8.68. The van der Waals surface area contributed by atoms with Crippen molar-refractivity contribution in [1.82, 2.24) is 0 Å². The van der Waals surface area contributed by atoms with Crippen LogP contribution in [-0.2, 0) is 4.74 Å². The second-order valence-electron chi connectivity index (χ2n) is 5.33. The second kappa shape index (κ2) is 10.6. The lowest BCUT2D eigenvalue weighted by atomic mass is 10.1. The number of ketones is 1. The Bertz CT molecular complexity index is 359. The van der Waals surface area contributed by atoms with E-state index < -0.39 is 0 Å². The number of rotatable bonds is 11. The van der Waals surface area contributed by atoms with E-state index in [9.17, 15) is 4.79 Å². The highest BCUT2D eigenvalue weighted by atomic mass is 16.5. The molecular weight excluding hydrogens is 248 g/mol. The highest BCUT2D eigenvalue weighted by molar-refractivity contribution is 5.96. The maximum Gasteiger partial charge on any atom is 0.188 e. The lowest BCUT2D eigenvalue weighted by Crippen LogP contribution is -2.18. The molecule has 1 unspecified atom stereocenters. The lowest BCUT2D eigenvalue weighted by molar-refractivity contribution is 0.0388. The SMILES string of the molecule is CCCCCCCC(CC)OCC(=O)c1ccccc1. The Labute approximate surface area is 123 Å². The normalized spacial score (nSPS) is 12.3. The van der Waals surface area contributed by atoms with E-state index in [0.29, 0.717) is 0 Å². The maximum atomic E-state index is 12.0. The first-order valence-electron chi connectivity index (χ1n) is 7.97. The van der Waals surface area contributed by atoms with Crippen LogP contribution in [0.15, 0.2) is 30.3 Å². The van der Waals surface area contributed by atoms with Gasteiger partial charge in [0.2, 0.25) is 0 Å². The molecule has 0 N–H and O–H groups in total. The fourth-order valence-corrected chi connectivity index (χ4v) is 2.28. The molecule has 1 aromatic rings. The van der Waals surface area contributed by atoms with Crippen molar-refractivity contribution >= 4 is 5.78 Å². The molecule has 0 aromatic heterocycles. The fourth-order valence-electron chi connectivity index (χ4n) is 2.28. The Kier molecular flexibility index (Phi) is 8.97. The van der Waals surface area contributed by atoms with Gasteiger partial charge >= 0.3 is 0 Å². The monoisotopic (exact) mass is 276 g/mol. The predicted octanol–water partition coefficient (Wildman–Crippen LogP) is 5.03. The Balaban J connectivity index is 2.22. The zero-order valence-corrected chi connectivity index (χ0v) is 12.9. The molecule has 0 fully saturated rings. The Hall–Kier alpha value is -1.15. The minimum Gasteiger partial charge on any atom is -0.370 e. The number of Topliss-reactive ketones (excluding diaryl/α,β-unsaturated/α-hetero) is 1. The highest BCUT2D eigenvalue weighted by Gasteiger charge is 2.10. The molecule has 2 heteroatoms. The van der Waals surface area contributed by atoms with Crippen molar-refractivity contribution < 1.29 is 9.53 Å². The smallest absolute Gasteiger partial charge is 0.188 e. The molecule has 0 radical (unpaired) electrons. The number of carbonyl (C=O) groups excluding carboxylic acids is 1. The first-order chi connectivity index (χ1) is 9.77. The molecule has 20 heavy (non-hydrogen) atoms. The zero-order valence-electron chi connectivity index (χ0n) is 12.9. The average molecular weight is 276 g/mol. The largest absolute Gasteiger partial charge is 0.370 e. The Morgan fingerprint density at radius 1 is 1.05 bits per heavy atom. The number of unbranched alkanes of at least 4 members (excludes halogenated alkanes) is 4. The third-order valence-corrected chi connectivity index (χ3v) is 3.63. The fraction of sp³-hybridized carbons (Fsp3) is 0.611. The summed E-state index contributed by atoms with van der Waals surface area (Å²) in [5, 5.41) is 0. The third kappa shape index (κ3) is 6.85. The van der Waals surface area contributed by atoms with Crippen LogP contribution in [0.3, 0.4) is 0 Å². The molecule has 0 heterocycles. The summed E-state index contributed by atoms with van der Waals surface area (Å²) in [5.74, 6) is 0.0787. The molecule has 0 spiro atoms. The van der Waals surface area contributed by atoms with Gasteiger partial charge in [0.05, 0.1) is 6.10 Å². The van der Waals surface area contributed by atoms with Gasteiger partial charge in [0.15, 0.2) is 5.78 Å². The molecule has 0 saturated carbocycles. The van der Waals surface area contributed by atoms with E-state index in [1.165, 1.54) is 32.1 Å². The maximum absolute atomic E-state index is 12.0. The standard InChI is InChI=1S/C18H28O2/c1-3-5-6-7-11-14-17(4-2)20-15-18(19)16-12-9-8-10-13-16/h8-10,12-13,17H,3-7,11,14-15H2,1-2H3. The van der Waals surface area contributed by atoms with Gasteiger partial charge in [-0.15, -0.1) is 0 Å². The van der Waals surface area contributed by atoms with Crippen LogP contribution in [0.5, 0.6) is 0 Å². The summed E-state index contributed by atoms with van der Waals surface area (Å²) in [4.78, 5) is 12.0. The Morgan fingerprint density at radius 3 is 2.40 bits per heavy atom. The molecular formula is C18H28O2. The molecule has 1 rings (SSSR count).